The minimum Gasteiger partial charge on any atom is -0.470 e. The number of ether oxygens (including phenoxy) is 1. The Morgan fingerprint density at radius 2 is 2.00 bits per heavy atom. The van der Waals surface area contributed by atoms with Gasteiger partial charge in [-0.1, -0.05) is 0 Å². The molecule has 0 amide bonds. The Hall–Kier alpha value is -1.41. The Bertz CT molecular complexity index is 604. The number of anilines is 1. The van der Waals surface area contributed by atoms with Crippen molar-refractivity contribution in [1.82, 2.24) is 14.3 Å². The van der Waals surface area contributed by atoms with Crippen LogP contribution < -0.4 is 9.64 Å². The Morgan fingerprint density at radius 3 is 2.64 bits per heavy atom. The maximum absolute atomic E-state index is 12.3. The van der Waals surface area contributed by atoms with Gasteiger partial charge in [-0.3, -0.25) is 0 Å². The summed E-state index contributed by atoms with van der Waals surface area (Å²) in [4.78, 5) is 10.3. The zero-order valence-corrected chi connectivity index (χ0v) is 14.4. The molecule has 7 nitrogen and oxygen atoms in total. The van der Waals surface area contributed by atoms with Gasteiger partial charge in [0.1, 0.15) is 6.10 Å². The molecule has 8 heteroatoms. The number of piperidine rings is 1. The molecule has 1 aliphatic rings. The predicted octanol–water partition coefficient (Wildman–Crippen LogP) is 1.12. The zero-order valence-electron chi connectivity index (χ0n) is 13.6. The molecule has 22 heavy (non-hydrogen) atoms. The Morgan fingerprint density at radius 1 is 1.32 bits per heavy atom. The molecule has 124 valence electrons. The fourth-order valence-electron chi connectivity index (χ4n) is 2.40. The fraction of sp³-hybridized carbons (Fsp3) is 0.714. The third kappa shape index (κ3) is 3.67. The molecule has 0 spiro atoms. The summed E-state index contributed by atoms with van der Waals surface area (Å²) < 4.78 is 32.0. The van der Waals surface area contributed by atoms with Gasteiger partial charge in [0.2, 0.25) is 10.0 Å². The molecule has 2 heterocycles. The van der Waals surface area contributed by atoms with Gasteiger partial charge in [-0.25, -0.2) is 18.4 Å². The van der Waals surface area contributed by atoms with E-state index >= 15 is 0 Å². The summed E-state index contributed by atoms with van der Waals surface area (Å²) in [5, 5.41) is -0.417. The van der Waals surface area contributed by atoms with E-state index in [0.29, 0.717) is 24.8 Å². The van der Waals surface area contributed by atoms with Gasteiger partial charge in [0.15, 0.2) is 5.82 Å². The fourth-order valence-corrected chi connectivity index (χ4v) is 3.75. The van der Waals surface area contributed by atoms with Crippen LogP contribution in [-0.4, -0.2) is 61.2 Å². The highest BCUT2D eigenvalue weighted by atomic mass is 32.2. The number of nitrogens with zero attached hydrogens (tertiary/aromatic N) is 4. The van der Waals surface area contributed by atoms with E-state index < -0.39 is 15.3 Å². The van der Waals surface area contributed by atoms with Crippen LogP contribution in [0.25, 0.3) is 0 Å². The van der Waals surface area contributed by atoms with E-state index in [4.69, 9.17) is 4.74 Å². The molecule has 0 radical (unpaired) electrons. The van der Waals surface area contributed by atoms with Crippen molar-refractivity contribution in [3.8, 4) is 5.88 Å². The molecule has 1 aromatic rings. The summed E-state index contributed by atoms with van der Waals surface area (Å²) in [5.41, 5.74) is 0. The monoisotopic (exact) mass is 328 g/mol. The molecule has 1 aromatic heterocycles. The summed E-state index contributed by atoms with van der Waals surface area (Å²) in [7, 11) is 0.492. The summed E-state index contributed by atoms with van der Waals surface area (Å²) in [6.07, 6.45) is 4.59. The summed E-state index contributed by atoms with van der Waals surface area (Å²) in [6, 6.07) is 0. The Kier molecular flexibility index (Phi) is 5.23. The first-order valence-corrected chi connectivity index (χ1v) is 8.96. The van der Waals surface area contributed by atoms with E-state index in [1.54, 1.807) is 26.2 Å². The second-order valence-corrected chi connectivity index (χ2v) is 8.40. The second-order valence-electron chi connectivity index (χ2n) is 5.91. The molecule has 0 aromatic carbocycles. The molecule has 1 fully saturated rings. The van der Waals surface area contributed by atoms with Crippen LogP contribution in [0.1, 0.15) is 26.7 Å². The molecule has 2 rings (SSSR count). The van der Waals surface area contributed by atoms with Crippen LogP contribution in [-0.2, 0) is 10.0 Å². The molecule has 1 aliphatic heterocycles. The van der Waals surface area contributed by atoms with Crippen molar-refractivity contribution in [2.75, 3.05) is 32.1 Å². The van der Waals surface area contributed by atoms with Crippen molar-refractivity contribution in [3.05, 3.63) is 12.4 Å². The average molecular weight is 328 g/mol. The molecule has 1 saturated heterocycles. The number of aromatic nitrogens is 2. The van der Waals surface area contributed by atoms with Crippen molar-refractivity contribution in [2.45, 2.75) is 38.0 Å². The first-order chi connectivity index (χ1) is 10.3. The topological polar surface area (TPSA) is 75.6 Å². The van der Waals surface area contributed by atoms with Crippen molar-refractivity contribution in [3.63, 3.8) is 0 Å². The van der Waals surface area contributed by atoms with Crippen molar-refractivity contribution in [1.29, 1.82) is 0 Å². The standard InChI is InChI=1S/C14H24N4O3S/c1-11(2)22(19,20)18-9-5-6-12(10-18)21-14-13(17(3)4)15-7-8-16-14/h7-8,11-12H,5-6,9-10H2,1-4H3/t12-/m1/s1. The third-order valence-corrected chi connectivity index (χ3v) is 5.89. The SMILES string of the molecule is CC(C)S(=O)(=O)N1CCC[C@@H](Oc2nccnc2N(C)C)C1. The summed E-state index contributed by atoms with van der Waals surface area (Å²) in [5.74, 6) is 1.09. The van der Waals surface area contributed by atoms with E-state index in [2.05, 4.69) is 9.97 Å². The van der Waals surface area contributed by atoms with Crippen molar-refractivity contribution in [2.24, 2.45) is 0 Å². The van der Waals surface area contributed by atoms with Crippen LogP contribution in [0.2, 0.25) is 0 Å². The largest absolute Gasteiger partial charge is 0.470 e. The lowest BCUT2D eigenvalue weighted by Gasteiger charge is -2.33. The predicted molar refractivity (Wildman–Crippen MR) is 85.6 cm³/mol. The normalized spacial score (nSPS) is 20.1. The highest BCUT2D eigenvalue weighted by Crippen LogP contribution is 2.25. The van der Waals surface area contributed by atoms with Crippen LogP contribution >= 0.6 is 0 Å². The van der Waals surface area contributed by atoms with Gasteiger partial charge >= 0.3 is 0 Å². The number of rotatable bonds is 5. The number of hydrogen-bond acceptors (Lipinski definition) is 6. The molecule has 1 atom stereocenters. The lowest BCUT2D eigenvalue weighted by molar-refractivity contribution is 0.124. The van der Waals surface area contributed by atoms with E-state index in [1.165, 1.54) is 4.31 Å². The minimum atomic E-state index is -3.24. The highest BCUT2D eigenvalue weighted by Gasteiger charge is 2.32. The van der Waals surface area contributed by atoms with Gasteiger partial charge in [-0.15, -0.1) is 0 Å². The van der Waals surface area contributed by atoms with E-state index in [-0.39, 0.29) is 6.10 Å². The molecule has 0 bridgehead atoms. The number of hydrogen-bond donors (Lipinski definition) is 0. The Balaban J connectivity index is 2.12. The quantitative estimate of drug-likeness (QED) is 0.806. The molecule has 0 aliphatic carbocycles. The zero-order chi connectivity index (χ0) is 16.3. The maximum atomic E-state index is 12.3. The first kappa shape index (κ1) is 17.0. The summed E-state index contributed by atoms with van der Waals surface area (Å²) >= 11 is 0. The molecule has 0 N–H and O–H groups in total. The van der Waals surface area contributed by atoms with E-state index in [0.717, 1.165) is 12.8 Å². The van der Waals surface area contributed by atoms with E-state index in [1.807, 2.05) is 19.0 Å². The lowest BCUT2D eigenvalue weighted by atomic mass is 10.1. The van der Waals surface area contributed by atoms with Gasteiger partial charge in [-0.2, -0.15) is 4.31 Å². The van der Waals surface area contributed by atoms with Gasteiger partial charge in [0, 0.05) is 33.0 Å². The highest BCUT2D eigenvalue weighted by molar-refractivity contribution is 7.89. The van der Waals surface area contributed by atoms with Gasteiger partial charge < -0.3 is 9.64 Å². The van der Waals surface area contributed by atoms with Crippen LogP contribution in [0, 0.1) is 0 Å². The minimum absolute atomic E-state index is 0.197. The average Bonchev–Trinajstić information content (AvgIpc) is 2.47. The van der Waals surface area contributed by atoms with Crippen molar-refractivity contribution < 1.29 is 13.2 Å². The smallest absolute Gasteiger partial charge is 0.257 e. The molecule has 0 unspecified atom stereocenters. The van der Waals surface area contributed by atoms with Crippen molar-refractivity contribution >= 4 is 15.8 Å². The van der Waals surface area contributed by atoms with Crippen LogP contribution in [0.4, 0.5) is 5.82 Å². The van der Waals surface area contributed by atoms with E-state index in [9.17, 15) is 8.42 Å². The first-order valence-electron chi connectivity index (χ1n) is 7.46. The lowest BCUT2D eigenvalue weighted by Crippen LogP contribution is -2.46. The number of sulfonamides is 1. The molecular formula is C14H24N4O3S. The third-order valence-electron chi connectivity index (χ3n) is 3.64. The van der Waals surface area contributed by atoms with Gasteiger partial charge in [-0.05, 0) is 26.7 Å². The molecular weight excluding hydrogens is 304 g/mol. The second kappa shape index (κ2) is 6.78. The van der Waals surface area contributed by atoms with Crippen LogP contribution in [0.5, 0.6) is 5.88 Å². The van der Waals surface area contributed by atoms with Crippen LogP contribution in [0.15, 0.2) is 12.4 Å². The van der Waals surface area contributed by atoms with Crippen LogP contribution in [0.3, 0.4) is 0 Å². The van der Waals surface area contributed by atoms with Gasteiger partial charge in [0.25, 0.3) is 5.88 Å². The van der Waals surface area contributed by atoms with Gasteiger partial charge in [0.05, 0.1) is 11.8 Å². The molecule has 0 saturated carbocycles. The maximum Gasteiger partial charge on any atom is 0.257 e. The summed E-state index contributed by atoms with van der Waals surface area (Å²) in [6.45, 7) is 4.32. The Labute approximate surface area is 132 Å².